The van der Waals surface area contributed by atoms with Gasteiger partial charge in [0.2, 0.25) is 0 Å². The van der Waals surface area contributed by atoms with E-state index in [1.54, 1.807) is 23.5 Å². The fourth-order valence-corrected chi connectivity index (χ4v) is 5.39. The number of ether oxygens (including phenoxy) is 1. The number of thioether (sulfide) groups is 2. The molecule has 3 aromatic carbocycles. The molecule has 31 heavy (non-hydrogen) atoms. The smallest absolute Gasteiger partial charge is 0.354 e. The first-order chi connectivity index (χ1) is 15.0. The molecule has 7 heteroatoms. The Kier molecular flexibility index (Phi) is 7.18. The molecule has 4 rings (SSSR count). The number of benzene rings is 3. The van der Waals surface area contributed by atoms with Crippen LogP contribution in [0.4, 0.5) is 0 Å². The van der Waals surface area contributed by atoms with Crippen LogP contribution in [-0.4, -0.2) is 18.1 Å². The van der Waals surface area contributed by atoms with Crippen LogP contribution in [0.5, 0.6) is 0 Å². The molecule has 0 unspecified atom stereocenters. The SMILES string of the molecule is COC(=O)c1cc2c(SCc3ccc(Cl)cc3)cc(SCc3ccc(Cl)cc3)cc2[nH]1. The number of carbonyl (C=O) groups excluding carboxylic acids is 1. The van der Waals surface area contributed by atoms with Crippen LogP contribution in [0, 0.1) is 0 Å². The van der Waals surface area contributed by atoms with Gasteiger partial charge in [0.25, 0.3) is 0 Å². The number of esters is 1. The van der Waals surface area contributed by atoms with Crippen molar-refractivity contribution >= 4 is 63.6 Å². The van der Waals surface area contributed by atoms with Gasteiger partial charge in [-0.15, -0.1) is 23.5 Å². The number of hydrogen-bond donors (Lipinski definition) is 1. The van der Waals surface area contributed by atoms with Crippen molar-refractivity contribution in [3.63, 3.8) is 0 Å². The number of aromatic nitrogens is 1. The molecule has 3 nitrogen and oxygen atoms in total. The van der Waals surface area contributed by atoms with Crippen molar-refractivity contribution in [1.82, 2.24) is 4.98 Å². The summed E-state index contributed by atoms with van der Waals surface area (Å²) < 4.78 is 4.89. The monoisotopic (exact) mass is 487 g/mol. The van der Waals surface area contributed by atoms with Crippen LogP contribution in [0.2, 0.25) is 10.0 Å². The Labute approximate surface area is 199 Å². The van der Waals surface area contributed by atoms with Crippen LogP contribution in [0.15, 0.2) is 76.5 Å². The summed E-state index contributed by atoms with van der Waals surface area (Å²) in [6.45, 7) is 0. The lowest BCUT2D eigenvalue weighted by Gasteiger charge is -2.08. The largest absolute Gasteiger partial charge is 0.464 e. The molecule has 0 spiro atoms. The third-order valence-electron chi connectivity index (χ3n) is 4.71. The van der Waals surface area contributed by atoms with Gasteiger partial charge in [-0.2, -0.15) is 0 Å². The minimum Gasteiger partial charge on any atom is -0.464 e. The maximum atomic E-state index is 12.0. The van der Waals surface area contributed by atoms with E-state index in [9.17, 15) is 4.79 Å². The quantitative estimate of drug-likeness (QED) is 0.213. The maximum Gasteiger partial charge on any atom is 0.354 e. The number of rotatable bonds is 7. The molecule has 0 bridgehead atoms. The molecule has 0 aliphatic heterocycles. The molecule has 0 aliphatic rings. The minimum absolute atomic E-state index is 0.375. The second-order valence-corrected chi connectivity index (χ2v) is 9.83. The van der Waals surface area contributed by atoms with Crippen molar-refractivity contribution in [2.24, 2.45) is 0 Å². The van der Waals surface area contributed by atoms with Crippen molar-refractivity contribution in [3.05, 3.63) is 93.6 Å². The summed E-state index contributed by atoms with van der Waals surface area (Å²) >= 11 is 15.5. The van der Waals surface area contributed by atoms with Gasteiger partial charge in [-0.25, -0.2) is 4.79 Å². The van der Waals surface area contributed by atoms with Crippen LogP contribution in [-0.2, 0) is 16.2 Å². The number of hydrogen-bond acceptors (Lipinski definition) is 4. The molecule has 0 aliphatic carbocycles. The first kappa shape index (κ1) is 22.2. The standard InChI is InChI=1S/C24H19Cl2NO2S2/c1-29-24(28)22-12-20-21(27-22)10-19(30-13-15-2-6-17(25)7-3-15)11-23(20)31-14-16-4-8-18(26)9-5-16/h2-12,27H,13-14H2,1H3. The summed E-state index contributed by atoms with van der Waals surface area (Å²) in [6, 6.07) is 21.9. The lowest BCUT2D eigenvalue weighted by molar-refractivity contribution is 0.0595. The van der Waals surface area contributed by atoms with Gasteiger partial charge in [-0.05, 0) is 53.6 Å². The van der Waals surface area contributed by atoms with Gasteiger partial charge >= 0.3 is 5.97 Å². The van der Waals surface area contributed by atoms with E-state index in [1.807, 2.05) is 54.6 Å². The van der Waals surface area contributed by atoms with Gasteiger partial charge in [-0.3, -0.25) is 0 Å². The zero-order valence-corrected chi connectivity index (χ0v) is 19.8. The second-order valence-electron chi connectivity index (χ2n) is 6.89. The van der Waals surface area contributed by atoms with E-state index in [0.717, 1.165) is 42.2 Å². The van der Waals surface area contributed by atoms with Gasteiger partial charge < -0.3 is 9.72 Å². The third kappa shape index (κ3) is 5.60. The summed E-state index contributed by atoms with van der Waals surface area (Å²) in [7, 11) is 1.39. The normalized spacial score (nSPS) is 11.1. The number of methoxy groups -OCH3 is 1. The van der Waals surface area contributed by atoms with Gasteiger partial charge in [0, 0.05) is 42.2 Å². The molecule has 0 saturated carbocycles. The van der Waals surface area contributed by atoms with Crippen molar-refractivity contribution in [2.75, 3.05) is 7.11 Å². The van der Waals surface area contributed by atoms with Crippen LogP contribution in [0.3, 0.4) is 0 Å². The van der Waals surface area contributed by atoms with Crippen LogP contribution < -0.4 is 0 Å². The fraction of sp³-hybridized carbons (Fsp3) is 0.125. The van der Waals surface area contributed by atoms with E-state index < -0.39 is 0 Å². The predicted octanol–water partition coefficient (Wildman–Crippen LogP) is 7.85. The lowest BCUT2D eigenvalue weighted by atomic mass is 10.2. The summed E-state index contributed by atoms with van der Waals surface area (Å²) in [6.07, 6.45) is 0. The second kappa shape index (κ2) is 10.0. The summed E-state index contributed by atoms with van der Waals surface area (Å²) in [5.41, 5.74) is 3.75. The van der Waals surface area contributed by atoms with Gasteiger partial charge in [0.15, 0.2) is 0 Å². The lowest BCUT2D eigenvalue weighted by Crippen LogP contribution is -2.00. The highest BCUT2D eigenvalue weighted by molar-refractivity contribution is 7.99. The molecule has 0 radical (unpaired) electrons. The molecule has 1 N–H and O–H groups in total. The molecule has 4 aromatic rings. The molecular formula is C24H19Cl2NO2S2. The summed E-state index contributed by atoms with van der Waals surface area (Å²) in [4.78, 5) is 17.5. The predicted molar refractivity (Wildman–Crippen MR) is 132 cm³/mol. The summed E-state index contributed by atoms with van der Waals surface area (Å²) in [5, 5.41) is 2.47. The highest BCUT2D eigenvalue weighted by Crippen LogP contribution is 2.36. The Morgan fingerprint density at radius 3 is 2.03 bits per heavy atom. The highest BCUT2D eigenvalue weighted by Gasteiger charge is 2.14. The van der Waals surface area contributed by atoms with Crippen LogP contribution in [0.25, 0.3) is 10.9 Å². The average molecular weight is 488 g/mol. The fourth-order valence-electron chi connectivity index (χ4n) is 3.09. The Hall–Kier alpha value is -2.05. The zero-order valence-electron chi connectivity index (χ0n) is 16.7. The Morgan fingerprint density at radius 2 is 1.45 bits per heavy atom. The number of fused-ring (bicyclic) bond motifs is 1. The van der Waals surface area contributed by atoms with Crippen molar-refractivity contribution in [2.45, 2.75) is 21.3 Å². The Morgan fingerprint density at radius 1 is 0.871 bits per heavy atom. The van der Waals surface area contributed by atoms with E-state index in [4.69, 9.17) is 27.9 Å². The molecule has 0 fully saturated rings. The van der Waals surface area contributed by atoms with Gasteiger partial charge in [0.1, 0.15) is 5.69 Å². The summed E-state index contributed by atoms with van der Waals surface area (Å²) in [5.74, 6) is 1.26. The minimum atomic E-state index is -0.375. The van der Waals surface area contributed by atoms with Crippen LogP contribution >= 0.6 is 46.7 Å². The Bertz CT molecular complexity index is 1200. The number of aromatic amines is 1. The molecule has 0 amide bonds. The molecule has 1 heterocycles. The van der Waals surface area contributed by atoms with Crippen LogP contribution in [0.1, 0.15) is 21.6 Å². The molecule has 1 aromatic heterocycles. The van der Waals surface area contributed by atoms with Gasteiger partial charge in [-0.1, -0.05) is 47.5 Å². The topological polar surface area (TPSA) is 42.1 Å². The van der Waals surface area contributed by atoms with E-state index in [-0.39, 0.29) is 5.97 Å². The number of halogens is 2. The third-order valence-corrected chi connectivity index (χ3v) is 7.38. The van der Waals surface area contributed by atoms with E-state index >= 15 is 0 Å². The Balaban J connectivity index is 1.61. The zero-order chi connectivity index (χ0) is 21.8. The highest BCUT2D eigenvalue weighted by atomic mass is 35.5. The maximum absolute atomic E-state index is 12.0. The molecule has 0 saturated heterocycles. The first-order valence-electron chi connectivity index (χ1n) is 9.51. The van der Waals surface area contributed by atoms with Crippen molar-refractivity contribution in [3.8, 4) is 0 Å². The van der Waals surface area contributed by atoms with Gasteiger partial charge in [0.05, 0.1) is 7.11 Å². The average Bonchev–Trinajstić information content (AvgIpc) is 3.22. The molecular weight excluding hydrogens is 469 g/mol. The number of H-pyrrole nitrogens is 1. The van der Waals surface area contributed by atoms with Crippen molar-refractivity contribution in [1.29, 1.82) is 0 Å². The molecule has 158 valence electrons. The number of nitrogens with one attached hydrogen (secondary N) is 1. The number of carbonyl (C=O) groups is 1. The van der Waals surface area contributed by atoms with E-state index in [2.05, 4.69) is 17.1 Å². The van der Waals surface area contributed by atoms with E-state index in [1.165, 1.54) is 18.2 Å². The molecule has 0 atom stereocenters. The van der Waals surface area contributed by atoms with E-state index in [0.29, 0.717) is 5.69 Å². The first-order valence-corrected chi connectivity index (χ1v) is 12.2. The van der Waals surface area contributed by atoms with Crippen molar-refractivity contribution < 1.29 is 9.53 Å².